The van der Waals surface area contributed by atoms with Gasteiger partial charge in [-0.05, 0) is 50.0 Å². The minimum absolute atomic E-state index is 0.0189. The van der Waals surface area contributed by atoms with Crippen LogP contribution in [0.5, 0.6) is 0 Å². The van der Waals surface area contributed by atoms with Crippen molar-refractivity contribution in [1.82, 2.24) is 15.1 Å². The van der Waals surface area contributed by atoms with E-state index in [0.717, 1.165) is 43.9 Å². The van der Waals surface area contributed by atoms with Crippen molar-refractivity contribution in [2.24, 2.45) is 5.92 Å². The zero-order valence-electron chi connectivity index (χ0n) is 14.8. The predicted octanol–water partition coefficient (Wildman–Crippen LogP) is 1.66. The summed E-state index contributed by atoms with van der Waals surface area (Å²) in [6.07, 6.45) is 2.75. The van der Waals surface area contributed by atoms with Gasteiger partial charge in [0.05, 0.1) is 0 Å². The molecule has 0 radical (unpaired) electrons. The molecule has 0 spiro atoms. The molecule has 3 aliphatic rings. The second kappa shape index (κ2) is 6.67. The minimum atomic E-state index is 0.0189. The van der Waals surface area contributed by atoms with Gasteiger partial charge in [0.1, 0.15) is 0 Å². The molecule has 0 bridgehead atoms. The highest BCUT2D eigenvalue weighted by Crippen LogP contribution is 2.30. The van der Waals surface area contributed by atoms with Gasteiger partial charge in [-0.3, -0.25) is 4.79 Å². The van der Waals surface area contributed by atoms with Crippen LogP contribution >= 0.6 is 0 Å². The molecule has 1 aromatic rings. The molecule has 134 valence electrons. The van der Waals surface area contributed by atoms with E-state index in [1.54, 1.807) is 0 Å². The molecular weight excluding hydrogens is 316 g/mol. The van der Waals surface area contributed by atoms with E-state index < -0.39 is 0 Å². The summed E-state index contributed by atoms with van der Waals surface area (Å²) in [5.41, 5.74) is 1.97. The number of likely N-dealkylation sites (N-methyl/N-ethyl adjacent to an activating group) is 1. The average molecular weight is 342 g/mol. The summed E-state index contributed by atoms with van der Waals surface area (Å²) >= 11 is 0. The Bertz CT molecular complexity index is 677. The van der Waals surface area contributed by atoms with Crippen LogP contribution in [-0.2, 0) is 11.3 Å². The molecule has 3 saturated heterocycles. The van der Waals surface area contributed by atoms with E-state index in [0.29, 0.717) is 24.9 Å². The van der Waals surface area contributed by atoms with Gasteiger partial charge in [0.25, 0.3) is 0 Å². The van der Waals surface area contributed by atoms with Crippen molar-refractivity contribution in [3.63, 3.8) is 0 Å². The fourth-order valence-corrected chi connectivity index (χ4v) is 4.38. The lowest BCUT2D eigenvalue weighted by Gasteiger charge is -2.21. The summed E-state index contributed by atoms with van der Waals surface area (Å²) in [6.45, 7) is 4.13. The van der Waals surface area contributed by atoms with E-state index in [2.05, 4.69) is 17.3 Å². The van der Waals surface area contributed by atoms with Crippen molar-refractivity contribution in [3.8, 4) is 0 Å². The fraction of sp³-hybridized carbons (Fsp3) is 0.579. The van der Waals surface area contributed by atoms with Crippen molar-refractivity contribution >= 4 is 17.6 Å². The smallest absolute Gasteiger partial charge is 0.317 e. The van der Waals surface area contributed by atoms with Gasteiger partial charge < -0.3 is 20.0 Å². The summed E-state index contributed by atoms with van der Waals surface area (Å²) in [5, 5.41) is 3.04. The van der Waals surface area contributed by atoms with E-state index in [1.165, 1.54) is 6.42 Å². The molecular formula is C19H26N4O2. The zero-order valence-corrected chi connectivity index (χ0v) is 14.8. The number of nitrogens with zero attached hydrogens (tertiary/aromatic N) is 3. The first-order chi connectivity index (χ1) is 12.1. The van der Waals surface area contributed by atoms with Gasteiger partial charge in [-0.25, -0.2) is 4.79 Å². The molecule has 3 fully saturated rings. The van der Waals surface area contributed by atoms with E-state index in [9.17, 15) is 9.59 Å². The molecule has 4 rings (SSSR count). The van der Waals surface area contributed by atoms with E-state index in [4.69, 9.17) is 0 Å². The fourth-order valence-electron chi connectivity index (χ4n) is 4.38. The van der Waals surface area contributed by atoms with Crippen molar-refractivity contribution < 1.29 is 9.59 Å². The number of nitrogens with one attached hydrogen (secondary N) is 1. The molecule has 0 unspecified atom stereocenters. The maximum atomic E-state index is 12.5. The van der Waals surface area contributed by atoms with Crippen molar-refractivity contribution in [2.45, 2.75) is 31.8 Å². The van der Waals surface area contributed by atoms with Gasteiger partial charge in [-0.2, -0.15) is 0 Å². The Hall–Kier alpha value is -2.08. The number of likely N-dealkylation sites (tertiary alicyclic amines) is 2. The van der Waals surface area contributed by atoms with Crippen LogP contribution in [0.1, 0.15) is 24.8 Å². The molecule has 3 aliphatic heterocycles. The number of carbonyl (C=O) groups excluding carboxylic acids is 2. The molecule has 1 aromatic carbocycles. The van der Waals surface area contributed by atoms with E-state index >= 15 is 0 Å². The van der Waals surface area contributed by atoms with Crippen LogP contribution in [-0.4, -0.2) is 61.0 Å². The first kappa shape index (κ1) is 16.4. The standard InChI is InChI=1S/C19H26N4O2/c1-21-9-7-15-12-22(13-17(15)21)19(25)20-11-14-4-2-5-16(10-14)23-8-3-6-18(23)24/h2,4-5,10,15,17H,3,6-9,11-13H2,1H3,(H,20,25)/t15-,17+/m1/s1. The lowest BCUT2D eigenvalue weighted by Crippen LogP contribution is -2.40. The number of amides is 3. The van der Waals surface area contributed by atoms with Crippen molar-refractivity contribution in [3.05, 3.63) is 29.8 Å². The molecule has 1 N–H and O–H groups in total. The van der Waals surface area contributed by atoms with Crippen LogP contribution < -0.4 is 10.2 Å². The number of rotatable bonds is 3. The zero-order chi connectivity index (χ0) is 17.4. The highest BCUT2D eigenvalue weighted by atomic mass is 16.2. The van der Waals surface area contributed by atoms with Crippen LogP contribution in [0.3, 0.4) is 0 Å². The quantitative estimate of drug-likeness (QED) is 0.909. The van der Waals surface area contributed by atoms with E-state index in [1.807, 2.05) is 34.1 Å². The minimum Gasteiger partial charge on any atom is -0.334 e. The summed E-state index contributed by atoms with van der Waals surface area (Å²) in [7, 11) is 2.15. The third kappa shape index (κ3) is 3.23. The number of carbonyl (C=O) groups is 2. The second-order valence-electron chi connectivity index (χ2n) is 7.48. The molecule has 6 nitrogen and oxygen atoms in total. The lowest BCUT2D eigenvalue weighted by atomic mass is 10.1. The number of hydrogen-bond donors (Lipinski definition) is 1. The molecule has 3 amide bonds. The molecule has 6 heteroatoms. The Labute approximate surface area is 148 Å². The molecule has 3 heterocycles. The lowest BCUT2D eigenvalue weighted by molar-refractivity contribution is -0.117. The highest BCUT2D eigenvalue weighted by molar-refractivity contribution is 5.95. The maximum absolute atomic E-state index is 12.5. The number of anilines is 1. The number of fused-ring (bicyclic) bond motifs is 1. The molecule has 2 atom stereocenters. The van der Waals surface area contributed by atoms with Gasteiger partial charge in [0.15, 0.2) is 0 Å². The third-order valence-electron chi connectivity index (χ3n) is 5.85. The predicted molar refractivity (Wildman–Crippen MR) is 96.4 cm³/mol. The normalized spacial score (nSPS) is 26.4. The summed E-state index contributed by atoms with van der Waals surface area (Å²) in [5.74, 6) is 0.814. The maximum Gasteiger partial charge on any atom is 0.317 e. The Morgan fingerprint density at radius 2 is 2.16 bits per heavy atom. The number of hydrogen-bond acceptors (Lipinski definition) is 3. The van der Waals surface area contributed by atoms with Crippen LogP contribution in [0, 0.1) is 5.92 Å². The summed E-state index contributed by atoms with van der Waals surface area (Å²) < 4.78 is 0. The van der Waals surface area contributed by atoms with Crippen LogP contribution in [0.15, 0.2) is 24.3 Å². The number of urea groups is 1. The topological polar surface area (TPSA) is 55.9 Å². The van der Waals surface area contributed by atoms with Crippen molar-refractivity contribution in [2.75, 3.05) is 38.1 Å². The average Bonchev–Trinajstić information content (AvgIpc) is 3.31. The largest absolute Gasteiger partial charge is 0.334 e. The Morgan fingerprint density at radius 1 is 1.28 bits per heavy atom. The number of benzene rings is 1. The van der Waals surface area contributed by atoms with Crippen LogP contribution in [0.25, 0.3) is 0 Å². The van der Waals surface area contributed by atoms with Gasteiger partial charge in [0, 0.05) is 44.3 Å². The summed E-state index contributed by atoms with van der Waals surface area (Å²) in [4.78, 5) is 30.5. The SMILES string of the molecule is CN1CC[C@@H]2CN(C(=O)NCc3cccc(N4CCCC4=O)c3)C[C@@H]21. The Balaban J connectivity index is 1.34. The van der Waals surface area contributed by atoms with Crippen LogP contribution in [0.4, 0.5) is 10.5 Å². The summed E-state index contributed by atoms with van der Waals surface area (Å²) in [6, 6.07) is 8.47. The van der Waals surface area contributed by atoms with Gasteiger partial charge >= 0.3 is 6.03 Å². The Kier molecular flexibility index (Phi) is 4.37. The van der Waals surface area contributed by atoms with Crippen molar-refractivity contribution in [1.29, 1.82) is 0 Å². The monoisotopic (exact) mass is 342 g/mol. The molecule has 0 saturated carbocycles. The first-order valence-corrected chi connectivity index (χ1v) is 9.24. The van der Waals surface area contributed by atoms with Gasteiger partial charge in [-0.15, -0.1) is 0 Å². The van der Waals surface area contributed by atoms with Gasteiger partial charge in [-0.1, -0.05) is 12.1 Å². The second-order valence-corrected chi connectivity index (χ2v) is 7.48. The first-order valence-electron chi connectivity index (χ1n) is 9.24. The molecule has 0 aromatic heterocycles. The molecule has 0 aliphatic carbocycles. The highest BCUT2D eigenvalue weighted by Gasteiger charge is 2.41. The third-order valence-corrected chi connectivity index (χ3v) is 5.85. The van der Waals surface area contributed by atoms with E-state index in [-0.39, 0.29) is 11.9 Å². The Morgan fingerprint density at radius 3 is 2.92 bits per heavy atom. The van der Waals surface area contributed by atoms with Gasteiger partial charge in [0.2, 0.25) is 5.91 Å². The molecule has 25 heavy (non-hydrogen) atoms. The van der Waals surface area contributed by atoms with Crippen LogP contribution in [0.2, 0.25) is 0 Å².